The molecule has 4 rings (SSSR count). The molecule has 5 heteroatoms. The first-order valence-electron chi connectivity index (χ1n) is 8.13. The van der Waals surface area contributed by atoms with Gasteiger partial charge < -0.3 is 4.74 Å². The number of benzene rings is 1. The van der Waals surface area contributed by atoms with Gasteiger partial charge in [0.05, 0.1) is 12.7 Å². The number of ether oxygens (including phenoxy) is 1. The molecule has 122 valence electrons. The van der Waals surface area contributed by atoms with Crippen LogP contribution in [-0.4, -0.2) is 30.5 Å². The van der Waals surface area contributed by atoms with Gasteiger partial charge in [-0.1, -0.05) is 24.3 Å². The van der Waals surface area contributed by atoms with E-state index in [2.05, 4.69) is 17.1 Å². The van der Waals surface area contributed by atoms with Crippen LogP contribution in [0.15, 0.2) is 36.5 Å². The molecule has 1 aliphatic carbocycles. The van der Waals surface area contributed by atoms with Crippen LogP contribution in [0.5, 0.6) is 0 Å². The average molecular weight is 322 g/mol. The molecule has 1 aromatic carbocycles. The number of rotatable bonds is 2. The van der Waals surface area contributed by atoms with E-state index in [1.54, 1.807) is 11.0 Å². The van der Waals surface area contributed by atoms with E-state index in [0.717, 1.165) is 24.8 Å². The maximum Gasteiger partial charge on any atom is 0.339 e. The molecule has 2 aromatic rings. The lowest BCUT2D eigenvalue weighted by Crippen LogP contribution is -2.35. The number of anilines is 1. The molecule has 1 aliphatic heterocycles. The smallest absolute Gasteiger partial charge is 0.339 e. The SMILES string of the molecule is COC(=O)c1cnc2c(c1)CCN2C(=O)C1Cc2ccccc2C1. The minimum atomic E-state index is -0.402. The lowest BCUT2D eigenvalue weighted by Gasteiger charge is -2.20. The zero-order chi connectivity index (χ0) is 16.7. The molecule has 0 radical (unpaired) electrons. The Labute approximate surface area is 140 Å². The van der Waals surface area contributed by atoms with Gasteiger partial charge in [0.2, 0.25) is 5.91 Å². The Morgan fingerprint density at radius 3 is 2.54 bits per heavy atom. The van der Waals surface area contributed by atoms with E-state index < -0.39 is 5.97 Å². The predicted molar refractivity (Wildman–Crippen MR) is 89.0 cm³/mol. The monoisotopic (exact) mass is 322 g/mol. The van der Waals surface area contributed by atoms with Crippen LogP contribution in [0.4, 0.5) is 5.82 Å². The zero-order valence-electron chi connectivity index (χ0n) is 13.5. The molecule has 0 bridgehead atoms. The number of hydrogen-bond donors (Lipinski definition) is 0. The number of carbonyl (C=O) groups is 2. The summed E-state index contributed by atoms with van der Waals surface area (Å²) in [5.74, 6) is 0.392. The molecule has 24 heavy (non-hydrogen) atoms. The standard InChI is InChI=1S/C19H18N2O3/c1-24-19(23)16-10-14-6-7-21(17(14)20-11-16)18(22)15-8-12-4-2-3-5-13(12)9-15/h2-5,10-11,15H,6-9H2,1H3. The van der Waals surface area contributed by atoms with E-state index in [1.807, 2.05) is 12.1 Å². The summed E-state index contributed by atoms with van der Waals surface area (Å²) in [4.78, 5) is 30.7. The van der Waals surface area contributed by atoms with Gasteiger partial charge in [0.15, 0.2) is 0 Å². The fourth-order valence-corrected chi connectivity index (χ4v) is 3.67. The van der Waals surface area contributed by atoms with Crippen molar-refractivity contribution in [2.75, 3.05) is 18.6 Å². The minimum absolute atomic E-state index is 0.0181. The van der Waals surface area contributed by atoms with Crippen LogP contribution in [0.2, 0.25) is 0 Å². The zero-order valence-corrected chi connectivity index (χ0v) is 13.5. The van der Waals surface area contributed by atoms with Gasteiger partial charge in [-0.25, -0.2) is 9.78 Å². The summed E-state index contributed by atoms with van der Waals surface area (Å²) in [5, 5.41) is 0. The lowest BCUT2D eigenvalue weighted by atomic mass is 10.1. The molecule has 0 saturated heterocycles. The second-order valence-electron chi connectivity index (χ2n) is 6.31. The van der Waals surface area contributed by atoms with Crippen LogP contribution in [0, 0.1) is 5.92 Å². The van der Waals surface area contributed by atoms with Crippen molar-refractivity contribution in [3.63, 3.8) is 0 Å². The molecule has 1 aromatic heterocycles. The molecule has 5 nitrogen and oxygen atoms in total. The number of methoxy groups -OCH3 is 1. The summed E-state index contributed by atoms with van der Waals surface area (Å²) in [6, 6.07) is 10.0. The van der Waals surface area contributed by atoms with E-state index in [0.29, 0.717) is 17.9 Å². The topological polar surface area (TPSA) is 59.5 Å². The normalized spacial score (nSPS) is 16.0. The van der Waals surface area contributed by atoms with Crippen LogP contribution in [-0.2, 0) is 28.8 Å². The molecular weight excluding hydrogens is 304 g/mol. The Morgan fingerprint density at radius 2 is 1.88 bits per heavy atom. The molecule has 0 unspecified atom stereocenters. The van der Waals surface area contributed by atoms with Crippen molar-refractivity contribution >= 4 is 17.7 Å². The number of carbonyl (C=O) groups excluding carboxylic acids is 2. The molecule has 0 saturated carbocycles. The highest BCUT2D eigenvalue weighted by molar-refractivity contribution is 5.97. The van der Waals surface area contributed by atoms with Crippen molar-refractivity contribution in [1.82, 2.24) is 4.98 Å². The number of hydrogen-bond acceptors (Lipinski definition) is 4. The van der Waals surface area contributed by atoms with Crippen LogP contribution in [0.3, 0.4) is 0 Å². The van der Waals surface area contributed by atoms with E-state index in [-0.39, 0.29) is 11.8 Å². The molecule has 0 N–H and O–H groups in total. The summed E-state index contributed by atoms with van der Waals surface area (Å²) in [6.07, 6.45) is 3.79. The summed E-state index contributed by atoms with van der Waals surface area (Å²) in [7, 11) is 1.35. The Balaban J connectivity index is 1.56. The molecular formula is C19H18N2O3. The molecule has 0 atom stereocenters. The third kappa shape index (κ3) is 2.37. The Hall–Kier alpha value is -2.69. The van der Waals surface area contributed by atoms with Crippen LogP contribution >= 0.6 is 0 Å². The molecule has 2 heterocycles. The Bertz CT molecular complexity index is 806. The quantitative estimate of drug-likeness (QED) is 0.795. The summed E-state index contributed by atoms with van der Waals surface area (Å²) < 4.78 is 4.73. The lowest BCUT2D eigenvalue weighted by molar-refractivity contribution is -0.122. The maximum atomic E-state index is 12.9. The van der Waals surface area contributed by atoms with Gasteiger partial charge in [0.1, 0.15) is 5.82 Å². The van der Waals surface area contributed by atoms with E-state index in [1.165, 1.54) is 24.4 Å². The van der Waals surface area contributed by atoms with E-state index in [9.17, 15) is 9.59 Å². The number of esters is 1. The van der Waals surface area contributed by atoms with E-state index >= 15 is 0 Å². The largest absolute Gasteiger partial charge is 0.465 e. The Kier molecular flexibility index (Phi) is 3.56. The summed E-state index contributed by atoms with van der Waals surface area (Å²) in [6.45, 7) is 0.624. The van der Waals surface area contributed by atoms with Gasteiger partial charge in [-0.05, 0) is 42.0 Å². The van der Waals surface area contributed by atoms with Crippen molar-refractivity contribution in [3.8, 4) is 0 Å². The molecule has 2 aliphatic rings. The van der Waals surface area contributed by atoms with Crippen molar-refractivity contribution in [3.05, 3.63) is 58.8 Å². The van der Waals surface area contributed by atoms with Crippen molar-refractivity contribution < 1.29 is 14.3 Å². The fraction of sp³-hybridized carbons (Fsp3) is 0.316. The first-order chi connectivity index (χ1) is 11.7. The molecule has 0 fully saturated rings. The third-order valence-corrected chi connectivity index (χ3v) is 4.89. The Morgan fingerprint density at radius 1 is 1.17 bits per heavy atom. The minimum Gasteiger partial charge on any atom is -0.465 e. The number of fused-ring (bicyclic) bond motifs is 2. The van der Waals surface area contributed by atoms with Gasteiger partial charge >= 0.3 is 5.97 Å². The first-order valence-corrected chi connectivity index (χ1v) is 8.13. The van der Waals surface area contributed by atoms with Crippen molar-refractivity contribution in [1.29, 1.82) is 0 Å². The van der Waals surface area contributed by atoms with Crippen molar-refractivity contribution in [2.45, 2.75) is 19.3 Å². The number of aromatic nitrogens is 1. The van der Waals surface area contributed by atoms with Gasteiger partial charge in [0, 0.05) is 18.7 Å². The van der Waals surface area contributed by atoms with Gasteiger partial charge in [-0.15, -0.1) is 0 Å². The maximum absolute atomic E-state index is 12.9. The van der Waals surface area contributed by atoms with Crippen LogP contribution in [0.1, 0.15) is 27.0 Å². The van der Waals surface area contributed by atoms with Crippen LogP contribution in [0.25, 0.3) is 0 Å². The highest BCUT2D eigenvalue weighted by Crippen LogP contribution is 2.32. The third-order valence-electron chi connectivity index (χ3n) is 4.89. The molecule has 1 amide bonds. The number of pyridine rings is 1. The van der Waals surface area contributed by atoms with Crippen LogP contribution < -0.4 is 4.90 Å². The summed E-state index contributed by atoms with van der Waals surface area (Å²) in [5.41, 5.74) is 3.90. The van der Waals surface area contributed by atoms with Gasteiger partial charge in [-0.3, -0.25) is 9.69 Å². The highest BCUT2D eigenvalue weighted by Gasteiger charge is 2.34. The van der Waals surface area contributed by atoms with Crippen molar-refractivity contribution in [2.24, 2.45) is 5.92 Å². The van der Waals surface area contributed by atoms with Gasteiger partial charge in [-0.2, -0.15) is 0 Å². The number of amides is 1. The second-order valence-corrected chi connectivity index (χ2v) is 6.31. The first kappa shape index (κ1) is 14.9. The average Bonchev–Trinajstić information content (AvgIpc) is 3.23. The predicted octanol–water partition coefficient (Wildman–Crippen LogP) is 2.17. The van der Waals surface area contributed by atoms with Gasteiger partial charge in [0.25, 0.3) is 0 Å². The fourth-order valence-electron chi connectivity index (χ4n) is 3.67. The second kappa shape index (κ2) is 5.74. The number of nitrogens with zero attached hydrogens (tertiary/aromatic N) is 2. The van der Waals surface area contributed by atoms with E-state index in [4.69, 9.17) is 4.74 Å². The summed E-state index contributed by atoms with van der Waals surface area (Å²) >= 11 is 0. The highest BCUT2D eigenvalue weighted by atomic mass is 16.5. The molecule has 0 spiro atoms.